The predicted molar refractivity (Wildman–Crippen MR) is 104 cm³/mol. The molecule has 4 fully saturated rings. The van der Waals surface area contributed by atoms with Gasteiger partial charge < -0.3 is 10.1 Å². The van der Waals surface area contributed by atoms with Crippen molar-refractivity contribution >= 4 is 11.6 Å². The van der Waals surface area contributed by atoms with E-state index in [-0.39, 0.29) is 16.9 Å². The zero-order chi connectivity index (χ0) is 19.4. The van der Waals surface area contributed by atoms with Gasteiger partial charge in [0.25, 0.3) is 0 Å². The number of tetrazole rings is 1. The average Bonchev–Trinajstić information content (AvgIpc) is 3.10. The number of amides is 1. The van der Waals surface area contributed by atoms with Crippen molar-refractivity contribution in [1.29, 1.82) is 0 Å². The van der Waals surface area contributed by atoms with Gasteiger partial charge in [0.15, 0.2) is 5.82 Å². The van der Waals surface area contributed by atoms with Crippen LogP contribution in [0.15, 0.2) is 24.3 Å². The van der Waals surface area contributed by atoms with E-state index in [0.717, 1.165) is 43.5 Å². The molecule has 7 heteroatoms. The van der Waals surface area contributed by atoms with E-state index in [4.69, 9.17) is 4.74 Å². The lowest BCUT2D eigenvalue weighted by Crippen LogP contribution is -2.60. The number of rotatable bonds is 5. The lowest BCUT2D eigenvalue weighted by molar-refractivity contribution is -0.152. The minimum absolute atomic E-state index is 0.145. The monoisotopic (exact) mass is 381 g/mol. The summed E-state index contributed by atoms with van der Waals surface area (Å²) in [5.41, 5.74) is 0.346. The van der Waals surface area contributed by atoms with Gasteiger partial charge in [-0.1, -0.05) is 0 Å². The van der Waals surface area contributed by atoms with Gasteiger partial charge in [-0.3, -0.25) is 4.79 Å². The van der Waals surface area contributed by atoms with Crippen LogP contribution in [0.3, 0.4) is 0 Å². The normalized spacial score (nSPS) is 33.1. The molecule has 1 aromatic carbocycles. The number of aryl methyl sites for hydroxylation is 1. The molecular weight excluding hydrogens is 354 g/mol. The maximum absolute atomic E-state index is 13.4. The van der Waals surface area contributed by atoms with Crippen LogP contribution in [0.4, 0.5) is 5.69 Å². The molecule has 1 heterocycles. The molecule has 4 aliphatic rings. The molecule has 4 bridgehead atoms. The standard InChI is InChI=1S/C21H27N5O2/c1-3-28-18-6-4-17(5-7-18)22-19(27)20-9-15-8-16(10-20)12-21(11-15,13-20)26-24-14(2)23-25-26/h4-7,15-16H,3,8-13H2,1-2H3,(H,22,27). The van der Waals surface area contributed by atoms with Crippen LogP contribution in [0, 0.1) is 24.2 Å². The van der Waals surface area contributed by atoms with Crippen molar-refractivity contribution in [3.8, 4) is 5.75 Å². The number of nitrogens with zero attached hydrogens (tertiary/aromatic N) is 4. The van der Waals surface area contributed by atoms with Crippen molar-refractivity contribution in [3.63, 3.8) is 0 Å². The fraction of sp³-hybridized carbons (Fsp3) is 0.619. The fourth-order valence-corrected chi connectivity index (χ4v) is 6.26. The third kappa shape index (κ3) is 2.79. The van der Waals surface area contributed by atoms with E-state index in [1.165, 1.54) is 6.42 Å². The maximum Gasteiger partial charge on any atom is 0.230 e. The lowest BCUT2D eigenvalue weighted by Gasteiger charge is -2.60. The number of nitrogens with one attached hydrogen (secondary N) is 1. The van der Waals surface area contributed by atoms with E-state index in [2.05, 4.69) is 20.7 Å². The van der Waals surface area contributed by atoms with Crippen LogP contribution in [-0.2, 0) is 10.3 Å². The summed E-state index contributed by atoms with van der Waals surface area (Å²) in [4.78, 5) is 15.3. The first-order valence-electron chi connectivity index (χ1n) is 10.3. The number of hydrogen-bond donors (Lipinski definition) is 1. The molecule has 0 radical (unpaired) electrons. The van der Waals surface area contributed by atoms with Gasteiger partial charge >= 0.3 is 0 Å². The third-order valence-corrected chi connectivity index (χ3v) is 6.87. The first-order chi connectivity index (χ1) is 13.5. The molecule has 0 saturated heterocycles. The van der Waals surface area contributed by atoms with Gasteiger partial charge in [-0.15, -0.1) is 10.2 Å². The number of ether oxygens (including phenoxy) is 1. The topological polar surface area (TPSA) is 81.9 Å². The van der Waals surface area contributed by atoms with Crippen molar-refractivity contribution in [2.45, 2.75) is 57.9 Å². The molecule has 1 amide bonds. The Morgan fingerprint density at radius 2 is 1.93 bits per heavy atom. The highest BCUT2D eigenvalue weighted by atomic mass is 16.5. The molecular formula is C21H27N5O2. The van der Waals surface area contributed by atoms with Gasteiger partial charge in [-0.05, 0) is 93.7 Å². The molecule has 7 nitrogen and oxygen atoms in total. The largest absolute Gasteiger partial charge is 0.494 e. The van der Waals surface area contributed by atoms with Crippen molar-refractivity contribution in [2.24, 2.45) is 17.3 Å². The van der Waals surface area contributed by atoms with Gasteiger partial charge in [0.05, 0.1) is 17.6 Å². The van der Waals surface area contributed by atoms with Crippen molar-refractivity contribution in [1.82, 2.24) is 20.2 Å². The van der Waals surface area contributed by atoms with E-state index in [1.807, 2.05) is 42.9 Å². The van der Waals surface area contributed by atoms with E-state index >= 15 is 0 Å². The van der Waals surface area contributed by atoms with Crippen molar-refractivity contribution in [3.05, 3.63) is 30.1 Å². The second-order valence-electron chi connectivity index (χ2n) is 9.00. The number of aromatic nitrogens is 4. The molecule has 1 aromatic heterocycles. The van der Waals surface area contributed by atoms with E-state index in [9.17, 15) is 4.79 Å². The number of carbonyl (C=O) groups is 1. The Bertz CT molecular complexity index is 876. The van der Waals surface area contributed by atoms with Crippen LogP contribution in [0.25, 0.3) is 0 Å². The Morgan fingerprint density at radius 1 is 1.21 bits per heavy atom. The highest BCUT2D eigenvalue weighted by Gasteiger charge is 2.62. The SMILES string of the molecule is CCOc1ccc(NC(=O)C23CC4CC(C2)CC(n2nnc(C)n2)(C4)C3)cc1. The maximum atomic E-state index is 13.4. The van der Waals surface area contributed by atoms with Crippen LogP contribution in [0.1, 0.15) is 51.3 Å². The van der Waals surface area contributed by atoms with Crippen molar-refractivity contribution in [2.75, 3.05) is 11.9 Å². The summed E-state index contributed by atoms with van der Waals surface area (Å²) in [5.74, 6) is 2.80. The first kappa shape index (κ1) is 17.6. The molecule has 1 N–H and O–H groups in total. The zero-order valence-corrected chi connectivity index (χ0v) is 16.5. The minimum Gasteiger partial charge on any atom is -0.494 e. The quantitative estimate of drug-likeness (QED) is 0.859. The molecule has 4 aliphatic carbocycles. The molecule has 2 unspecified atom stereocenters. The summed E-state index contributed by atoms with van der Waals surface area (Å²) in [5, 5.41) is 16.2. The number of anilines is 1. The van der Waals surface area contributed by atoms with E-state index in [0.29, 0.717) is 24.3 Å². The molecule has 28 heavy (non-hydrogen) atoms. The summed E-state index contributed by atoms with van der Waals surface area (Å²) in [6.07, 6.45) is 6.12. The van der Waals surface area contributed by atoms with Gasteiger partial charge in [0.1, 0.15) is 5.75 Å². The van der Waals surface area contributed by atoms with Gasteiger partial charge in [-0.2, -0.15) is 4.80 Å². The Labute approximate surface area is 164 Å². The number of benzene rings is 1. The van der Waals surface area contributed by atoms with Crippen molar-refractivity contribution < 1.29 is 9.53 Å². The lowest BCUT2D eigenvalue weighted by atomic mass is 9.46. The second-order valence-corrected chi connectivity index (χ2v) is 9.00. The van der Waals surface area contributed by atoms with Gasteiger partial charge in [0.2, 0.25) is 5.91 Å². The molecule has 4 saturated carbocycles. The molecule has 2 atom stereocenters. The Hall–Kier alpha value is -2.44. The number of carbonyl (C=O) groups excluding carboxylic acids is 1. The Balaban J connectivity index is 1.40. The average molecular weight is 381 g/mol. The van der Waals surface area contributed by atoms with Crippen LogP contribution in [0.5, 0.6) is 5.75 Å². The highest BCUT2D eigenvalue weighted by molar-refractivity contribution is 5.95. The first-order valence-corrected chi connectivity index (χ1v) is 10.3. The summed E-state index contributed by atoms with van der Waals surface area (Å²) < 4.78 is 5.50. The summed E-state index contributed by atoms with van der Waals surface area (Å²) in [6.45, 7) is 4.47. The summed E-state index contributed by atoms with van der Waals surface area (Å²) in [7, 11) is 0. The fourth-order valence-electron chi connectivity index (χ4n) is 6.26. The number of hydrogen-bond acceptors (Lipinski definition) is 5. The zero-order valence-electron chi connectivity index (χ0n) is 16.5. The summed E-state index contributed by atoms with van der Waals surface area (Å²) in [6, 6.07) is 7.65. The molecule has 0 aliphatic heterocycles. The second kappa shape index (κ2) is 6.29. The molecule has 6 rings (SSSR count). The van der Waals surface area contributed by atoms with Crippen LogP contribution in [0.2, 0.25) is 0 Å². The highest BCUT2D eigenvalue weighted by Crippen LogP contribution is 2.64. The van der Waals surface area contributed by atoms with E-state index in [1.54, 1.807) is 0 Å². The van der Waals surface area contributed by atoms with Crippen LogP contribution < -0.4 is 10.1 Å². The molecule has 0 spiro atoms. The molecule has 148 valence electrons. The predicted octanol–water partition coefficient (Wildman–Crippen LogP) is 3.31. The third-order valence-electron chi connectivity index (χ3n) is 6.87. The Morgan fingerprint density at radius 3 is 2.54 bits per heavy atom. The minimum atomic E-state index is -0.329. The Kier molecular flexibility index (Phi) is 3.96. The van der Waals surface area contributed by atoms with E-state index < -0.39 is 0 Å². The summed E-state index contributed by atoms with van der Waals surface area (Å²) >= 11 is 0. The van der Waals surface area contributed by atoms with Crippen LogP contribution >= 0.6 is 0 Å². The smallest absolute Gasteiger partial charge is 0.230 e. The molecule has 2 aromatic rings. The van der Waals surface area contributed by atoms with Gasteiger partial charge in [0, 0.05) is 5.69 Å². The van der Waals surface area contributed by atoms with Crippen LogP contribution in [-0.4, -0.2) is 32.7 Å². The van der Waals surface area contributed by atoms with Gasteiger partial charge in [-0.25, -0.2) is 0 Å².